The minimum absolute atomic E-state index is 0.0782. The quantitative estimate of drug-likeness (QED) is 0.833. The number of likely N-dealkylation sites (tertiary alicyclic amines) is 1. The van der Waals surface area contributed by atoms with Gasteiger partial charge >= 0.3 is 0 Å². The molecule has 1 aromatic rings. The average Bonchev–Trinajstić information content (AvgIpc) is 2.69. The van der Waals surface area contributed by atoms with Crippen molar-refractivity contribution in [3.05, 3.63) is 35.9 Å². The third-order valence-electron chi connectivity index (χ3n) is 4.21. The van der Waals surface area contributed by atoms with Crippen molar-refractivity contribution in [2.45, 2.75) is 44.6 Å². The molecule has 2 unspecified atom stereocenters. The number of hydrogen-bond acceptors (Lipinski definition) is 3. The van der Waals surface area contributed by atoms with Gasteiger partial charge in [-0.05, 0) is 31.9 Å². The van der Waals surface area contributed by atoms with Gasteiger partial charge in [0.25, 0.3) is 0 Å². The van der Waals surface area contributed by atoms with Gasteiger partial charge in [-0.1, -0.05) is 37.3 Å². The van der Waals surface area contributed by atoms with Crippen LogP contribution in [0, 0.1) is 0 Å². The summed E-state index contributed by atoms with van der Waals surface area (Å²) in [5.74, 6) is -0.171. The molecular weight excluding hydrogens is 252 g/mol. The van der Waals surface area contributed by atoms with Crippen molar-refractivity contribution in [1.29, 1.82) is 0 Å². The lowest BCUT2D eigenvalue weighted by molar-refractivity contribution is -0.142. The van der Waals surface area contributed by atoms with E-state index in [0.29, 0.717) is 13.0 Å². The molecule has 1 saturated heterocycles. The Labute approximate surface area is 119 Å². The molecule has 1 aliphatic heterocycles. The van der Waals surface area contributed by atoms with Gasteiger partial charge in [0, 0.05) is 12.5 Å². The second kappa shape index (κ2) is 5.75. The molecule has 0 radical (unpaired) electrons. The summed E-state index contributed by atoms with van der Waals surface area (Å²) in [6.45, 7) is 4.33. The summed E-state index contributed by atoms with van der Waals surface area (Å²) in [5.41, 5.74) is 5.76. The molecule has 2 amide bonds. The molecule has 0 spiro atoms. The number of imide groups is 1. The molecule has 2 N–H and O–H groups in total. The molecule has 0 saturated carbocycles. The van der Waals surface area contributed by atoms with Crippen LogP contribution in [0.25, 0.3) is 0 Å². The second-order valence-electron chi connectivity index (χ2n) is 5.58. The highest BCUT2D eigenvalue weighted by atomic mass is 16.2. The Bertz CT molecular complexity index is 500. The molecule has 1 aromatic carbocycles. The molecule has 0 bridgehead atoms. The highest BCUT2D eigenvalue weighted by molar-refractivity contribution is 6.09. The van der Waals surface area contributed by atoms with E-state index in [9.17, 15) is 9.59 Å². The number of rotatable bonds is 5. The van der Waals surface area contributed by atoms with Gasteiger partial charge in [-0.3, -0.25) is 14.5 Å². The van der Waals surface area contributed by atoms with Crippen LogP contribution >= 0.6 is 0 Å². The number of carbonyl (C=O) groups excluding carboxylic acids is 2. The predicted octanol–water partition coefficient (Wildman–Crippen LogP) is 1.83. The van der Waals surface area contributed by atoms with Gasteiger partial charge < -0.3 is 5.73 Å². The minimum atomic E-state index is -0.736. The molecule has 0 aliphatic carbocycles. The zero-order valence-corrected chi connectivity index (χ0v) is 12.1. The summed E-state index contributed by atoms with van der Waals surface area (Å²) >= 11 is 0. The molecule has 4 nitrogen and oxygen atoms in total. The monoisotopic (exact) mass is 274 g/mol. The van der Waals surface area contributed by atoms with Crippen LogP contribution < -0.4 is 5.73 Å². The Morgan fingerprint density at radius 3 is 2.50 bits per heavy atom. The molecular formula is C16H22N2O2. The predicted molar refractivity (Wildman–Crippen MR) is 78.0 cm³/mol. The van der Waals surface area contributed by atoms with E-state index in [-0.39, 0.29) is 24.3 Å². The summed E-state index contributed by atoms with van der Waals surface area (Å²) in [4.78, 5) is 26.5. The standard InChI is InChI=1S/C16H22N2O2/c1-3-13(9-10-17)18-14(19)11-16(2,15(18)20)12-7-5-4-6-8-12/h4-8,13H,3,9-11,17H2,1-2H3. The normalized spacial score (nSPS) is 24.2. The van der Waals surface area contributed by atoms with Crippen molar-refractivity contribution in [3.63, 3.8) is 0 Å². The molecule has 1 fully saturated rings. The first-order valence-electron chi connectivity index (χ1n) is 7.16. The van der Waals surface area contributed by atoms with Crippen LogP contribution in [0.5, 0.6) is 0 Å². The third kappa shape index (κ3) is 2.36. The molecule has 20 heavy (non-hydrogen) atoms. The van der Waals surface area contributed by atoms with Crippen molar-refractivity contribution < 1.29 is 9.59 Å². The SMILES string of the molecule is CCC(CCN)N1C(=O)CC(C)(c2ccccc2)C1=O. The number of nitrogens with zero attached hydrogens (tertiary/aromatic N) is 1. The van der Waals surface area contributed by atoms with Gasteiger partial charge in [-0.15, -0.1) is 0 Å². The van der Waals surface area contributed by atoms with Crippen LogP contribution in [0.2, 0.25) is 0 Å². The highest BCUT2D eigenvalue weighted by Gasteiger charge is 2.50. The van der Waals surface area contributed by atoms with Crippen LogP contribution in [0.15, 0.2) is 30.3 Å². The fourth-order valence-corrected chi connectivity index (χ4v) is 2.95. The lowest BCUT2D eigenvalue weighted by atomic mass is 9.81. The highest BCUT2D eigenvalue weighted by Crippen LogP contribution is 2.37. The Morgan fingerprint density at radius 2 is 1.95 bits per heavy atom. The zero-order valence-electron chi connectivity index (χ0n) is 12.1. The first kappa shape index (κ1) is 14.7. The summed E-state index contributed by atoms with van der Waals surface area (Å²) in [6.07, 6.45) is 1.66. The maximum atomic E-state index is 12.8. The van der Waals surface area contributed by atoms with Gasteiger partial charge in [0.05, 0.1) is 5.41 Å². The fourth-order valence-electron chi connectivity index (χ4n) is 2.95. The summed E-state index contributed by atoms with van der Waals surface area (Å²) < 4.78 is 0. The minimum Gasteiger partial charge on any atom is -0.330 e. The molecule has 1 aliphatic rings. The molecule has 2 atom stereocenters. The summed E-state index contributed by atoms with van der Waals surface area (Å²) in [6, 6.07) is 9.47. The van der Waals surface area contributed by atoms with E-state index >= 15 is 0 Å². The van der Waals surface area contributed by atoms with Crippen LogP contribution in [-0.2, 0) is 15.0 Å². The number of benzene rings is 1. The lowest BCUT2D eigenvalue weighted by Gasteiger charge is -2.28. The summed E-state index contributed by atoms with van der Waals surface area (Å²) in [7, 11) is 0. The van der Waals surface area contributed by atoms with E-state index in [1.165, 1.54) is 4.90 Å². The first-order valence-corrected chi connectivity index (χ1v) is 7.16. The van der Waals surface area contributed by atoms with E-state index in [2.05, 4.69) is 0 Å². The topological polar surface area (TPSA) is 63.4 Å². The fraction of sp³-hybridized carbons (Fsp3) is 0.500. The van der Waals surface area contributed by atoms with Gasteiger partial charge in [-0.25, -0.2) is 0 Å². The smallest absolute Gasteiger partial charge is 0.240 e. The van der Waals surface area contributed by atoms with Gasteiger partial charge in [0.15, 0.2) is 0 Å². The number of hydrogen-bond donors (Lipinski definition) is 1. The number of nitrogens with two attached hydrogens (primary N) is 1. The van der Waals surface area contributed by atoms with Crippen molar-refractivity contribution >= 4 is 11.8 Å². The Morgan fingerprint density at radius 1 is 1.30 bits per heavy atom. The third-order valence-corrected chi connectivity index (χ3v) is 4.21. The van der Waals surface area contributed by atoms with Crippen LogP contribution in [0.3, 0.4) is 0 Å². The van der Waals surface area contributed by atoms with E-state index in [0.717, 1.165) is 12.0 Å². The molecule has 108 valence electrons. The molecule has 4 heteroatoms. The van der Waals surface area contributed by atoms with Crippen molar-refractivity contribution in [1.82, 2.24) is 4.90 Å². The number of carbonyl (C=O) groups is 2. The van der Waals surface area contributed by atoms with Crippen LogP contribution in [-0.4, -0.2) is 29.3 Å². The van der Waals surface area contributed by atoms with E-state index in [4.69, 9.17) is 5.73 Å². The Hall–Kier alpha value is -1.68. The van der Waals surface area contributed by atoms with E-state index in [1.807, 2.05) is 44.2 Å². The van der Waals surface area contributed by atoms with Gasteiger partial charge in [-0.2, -0.15) is 0 Å². The van der Waals surface area contributed by atoms with Crippen LogP contribution in [0.1, 0.15) is 38.7 Å². The largest absolute Gasteiger partial charge is 0.330 e. The van der Waals surface area contributed by atoms with Crippen LogP contribution in [0.4, 0.5) is 0 Å². The molecule has 1 heterocycles. The molecule has 0 aromatic heterocycles. The maximum absolute atomic E-state index is 12.8. The maximum Gasteiger partial charge on any atom is 0.240 e. The summed E-state index contributed by atoms with van der Waals surface area (Å²) in [5, 5.41) is 0. The van der Waals surface area contributed by atoms with Gasteiger partial charge in [0.1, 0.15) is 0 Å². The van der Waals surface area contributed by atoms with E-state index < -0.39 is 5.41 Å². The number of amides is 2. The second-order valence-corrected chi connectivity index (χ2v) is 5.58. The first-order chi connectivity index (χ1) is 9.54. The van der Waals surface area contributed by atoms with Crippen molar-refractivity contribution in [3.8, 4) is 0 Å². The Balaban J connectivity index is 2.33. The van der Waals surface area contributed by atoms with Crippen molar-refractivity contribution in [2.24, 2.45) is 5.73 Å². The Kier molecular flexibility index (Phi) is 4.23. The lowest BCUT2D eigenvalue weighted by Crippen LogP contribution is -2.43. The molecule has 2 rings (SSSR count). The zero-order chi connectivity index (χ0) is 14.8. The average molecular weight is 274 g/mol. The van der Waals surface area contributed by atoms with Gasteiger partial charge in [0.2, 0.25) is 11.8 Å². The van der Waals surface area contributed by atoms with E-state index in [1.54, 1.807) is 0 Å². The van der Waals surface area contributed by atoms with Crippen molar-refractivity contribution in [2.75, 3.05) is 6.54 Å².